The van der Waals surface area contributed by atoms with Crippen LogP contribution in [0.1, 0.15) is 19.4 Å². The Hall–Kier alpha value is -2.44. The predicted octanol–water partition coefficient (Wildman–Crippen LogP) is 3.57. The molecule has 2 aromatic rings. The number of benzene rings is 2. The second kappa shape index (κ2) is 10.0. The van der Waals surface area contributed by atoms with Crippen LogP contribution in [-0.4, -0.2) is 56.7 Å². The van der Waals surface area contributed by atoms with Crippen LogP contribution < -0.4 is 19.7 Å². The van der Waals surface area contributed by atoms with Crippen LogP contribution in [0.4, 0.5) is 5.69 Å². The minimum absolute atomic E-state index is 0.0391. The Kier molecular flexibility index (Phi) is 7.45. The molecule has 0 bridgehead atoms. The van der Waals surface area contributed by atoms with Gasteiger partial charge in [0.1, 0.15) is 6.04 Å². The Morgan fingerprint density at radius 3 is 2.57 bits per heavy atom. The fourth-order valence-electron chi connectivity index (χ4n) is 3.76. The smallest absolute Gasteiger partial charge is 0.239 e. The first-order valence-electron chi connectivity index (χ1n) is 10.2. The molecule has 1 aliphatic rings. The lowest BCUT2D eigenvalue weighted by atomic mass is 10.1. The molecule has 7 heteroatoms. The van der Waals surface area contributed by atoms with Gasteiger partial charge in [0.2, 0.25) is 5.91 Å². The topological polar surface area (TPSA) is 54.0 Å². The zero-order chi connectivity index (χ0) is 21.7. The van der Waals surface area contributed by atoms with Crippen LogP contribution >= 0.6 is 11.6 Å². The van der Waals surface area contributed by atoms with Crippen molar-refractivity contribution >= 4 is 23.2 Å². The number of carbonyl (C=O) groups is 1. The largest absolute Gasteiger partial charge is 0.493 e. The summed E-state index contributed by atoms with van der Waals surface area (Å²) in [7, 11) is 3.25. The lowest BCUT2D eigenvalue weighted by Crippen LogP contribution is -2.59. The molecule has 1 unspecified atom stereocenters. The van der Waals surface area contributed by atoms with Gasteiger partial charge in [-0.1, -0.05) is 23.7 Å². The average Bonchev–Trinajstić information content (AvgIpc) is 2.73. The molecule has 1 fully saturated rings. The maximum Gasteiger partial charge on any atom is 0.239 e. The summed E-state index contributed by atoms with van der Waals surface area (Å²) in [6.07, 6.45) is 0. The molecular formula is C23H30ClN3O3. The van der Waals surface area contributed by atoms with Crippen LogP contribution in [0, 0.1) is 0 Å². The fraction of sp³-hybridized carbons (Fsp3) is 0.435. The van der Waals surface area contributed by atoms with E-state index in [1.54, 1.807) is 14.2 Å². The highest BCUT2D eigenvalue weighted by molar-refractivity contribution is 6.30. The van der Waals surface area contributed by atoms with Gasteiger partial charge in [-0.3, -0.25) is 9.69 Å². The Morgan fingerprint density at radius 2 is 1.90 bits per heavy atom. The van der Waals surface area contributed by atoms with Crippen LogP contribution in [0.3, 0.4) is 0 Å². The van der Waals surface area contributed by atoms with Crippen molar-refractivity contribution in [3.8, 4) is 11.5 Å². The van der Waals surface area contributed by atoms with Gasteiger partial charge < -0.3 is 19.7 Å². The summed E-state index contributed by atoms with van der Waals surface area (Å²) in [5, 5.41) is 3.77. The highest BCUT2D eigenvalue weighted by atomic mass is 35.5. The van der Waals surface area contributed by atoms with Crippen LogP contribution in [0.5, 0.6) is 11.5 Å². The first-order chi connectivity index (χ1) is 14.4. The van der Waals surface area contributed by atoms with Crippen molar-refractivity contribution in [3.05, 3.63) is 53.1 Å². The van der Waals surface area contributed by atoms with Crippen LogP contribution in [0.2, 0.25) is 5.02 Å². The lowest BCUT2D eigenvalue weighted by molar-refractivity contribution is -0.127. The van der Waals surface area contributed by atoms with E-state index >= 15 is 0 Å². The van der Waals surface area contributed by atoms with E-state index in [2.05, 4.69) is 15.1 Å². The summed E-state index contributed by atoms with van der Waals surface area (Å²) in [6.45, 7) is 6.80. The fourth-order valence-corrected chi connectivity index (χ4v) is 3.94. The highest BCUT2D eigenvalue weighted by Gasteiger charge is 2.33. The third-order valence-electron chi connectivity index (χ3n) is 5.23. The Morgan fingerprint density at radius 1 is 1.13 bits per heavy atom. The van der Waals surface area contributed by atoms with Crippen molar-refractivity contribution in [3.63, 3.8) is 0 Å². The van der Waals surface area contributed by atoms with Crippen LogP contribution in [-0.2, 0) is 11.3 Å². The molecule has 1 aliphatic heterocycles. The first kappa shape index (κ1) is 22.2. The van der Waals surface area contributed by atoms with E-state index in [1.165, 1.54) is 0 Å². The molecule has 0 radical (unpaired) electrons. The molecule has 0 aromatic heterocycles. The number of amides is 1. The maximum atomic E-state index is 13.0. The molecule has 162 valence electrons. The number of nitrogens with zero attached hydrogens (tertiary/aromatic N) is 2. The van der Waals surface area contributed by atoms with Gasteiger partial charge >= 0.3 is 0 Å². The molecule has 1 atom stereocenters. The van der Waals surface area contributed by atoms with Gasteiger partial charge in [-0.15, -0.1) is 0 Å². The zero-order valence-corrected chi connectivity index (χ0v) is 18.8. The molecule has 3 rings (SSSR count). The van der Waals surface area contributed by atoms with Gasteiger partial charge in [0, 0.05) is 42.9 Å². The average molecular weight is 432 g/mol. The van der Waals surface area contributed by atoms with Gasteiger partial charge in [-0.05, 0) is 49.7 Å². The molecule has 30 heavy (non-hydrogen) atoms. The van der Waals surface area contributed by atoms with E-state index in [-0.39, 0.29) is 18.0 Å². The van der Waals surface area contributed by atoms with E-state index in [4.69, 9.17) is 21.1 Å². The molecular weight excluding hydrogens is 402 g/mol. The molecule has 1 amide bonds. The molecule has 2 aromatic carbocycles. The molecule has 1 N–H and O–H groups in total. The summed E-state index contributed by atoms with van der Waals surface area (Å²) in [5.41, 5.74) is 2.11. The molecule has 0 spiro atoms. The van der Waals surface area contributed by atoms with Crippen molar-refractivity contribution in [1.82, 2.24) is 10.2 Å². The number of anilines is 1. The molecule has 0 saturated carbocycles. The van der Waals surface area contributed by atoms with E-state index in [0.29, 0.717) is 29.6 Å². The number of hydrogen-bond acceptors (Lipinski definition) is 5. The molecule has 1 heterocycles. The van der Waals surface area contributed by atoms with Gasteiger partial charge in [-0.2, -0.15) is 0 Å². The van der Waals surface area contributed by atoms with E-state index < -0.39 is 0 Å². The molecule has 0 aliphatic carbocycles. The monoisotopic (exact) mass is 431 g/mol. The van der Waals surface area contributed by atoms with Crippen molar-refractivity contribution in [1.29, 1.82) is 0 Å². The summed E-state index contributed by atoms with van der Waals surface area (Å²) < 4.78 is 10.8. The zero-order valence-electron chi connectivity index (χ0n) is 18.0. The first-order valence-corrected chi connectivity index (χ1v) is 10.5. The highest BCUT2D eigenvalue weighted by Crippen LogP contribution is 2.29. The number of piperazine rings is 1. The number of ether oxygens (including phenoxy) is 2. The van der Waals surface area contributed by atoms with E-state index in [0.717, 1.165) is 24.3 Å². The van der Waals surface area contributed by atoms with Gasteiger partial charge in [0.15, 0.2) is 11.5 Å². The Bertz CT molecular complexity index is 875. The number of halogens is 1. The lowest BCUT2D eigenvalue weighted by Gasteiger charge is -2.42. The van der Waals surface area contributed by atoms with Crippen LogP contribution in [0.15, 0.2) is 42.5 Å². The van der Waals surface area contributed by atoms with Gasteiger partial charge in [-0.25, -0.2) is 0 Å². The third-order valence-corrected chi connectivity index (χ3v) is 5.47. The minimum Gasteiger partial charge on any atom is -0.493 e. The number of nitrogens with one attached hydrogen (secondary N) is 1. The standard InChI is InChI=1S/C23H30ClN3O3/c1-16(2)25-23(28)20-15-26(19-7-5-6-18(24)13-19)10-11-27(20)14-17-8-9-21(29-3)22(12-17)30-4/h5-9,12-13,16,20H,10-11,14-15H2,1-4H3,(H,25,28). The molecule has 6 nitrogen and oxygen atoms in total. The maximum absolute atomic E-state index is 13.0. The number of methoxy groups -OCH3 is 2. The second-order valence-electron chi connectivity index (χ2n) is 7.76. The van der Waals surface area contributed by atoms with Crippen molar-refractivity contribution in [2.75, 3.05) is 38.8 Å². The minimum atomic E-state index is -0.270. The van der Waals surface area contributed by atoms with Crippen molar-refractivity contribution < 1.29 is 14.3 Å². The van der Waals surface area contributed by atoms with Crippen LogP contribution in [0.25, 0.3) is 0 Å². The quantitative estimate of drug-likeness (QED) is 0.726. The summed E-state index contributed by atoms with van der Waals surface area (Å²) in [6, 6.07) is 13.5. The van der Waals surface area contributed by atoms with Crippen molar-refractivity contribution in [2.45, 2.75) is 32.5 Å². The van der Waals surface area contributed by atoms with E-state index in [1.807, 2.05) is 56.3 Å². The van der Waals surface area contributed by atoms with E-state index in [9.17, 15) is 4.79 Å². The summed E-state index contributed by atoms with van der Waals surface area (Å²) >= 11 is 6.18. The van der Waals surface area contributed by atoms with Crippen molar-refractivity contribution in [2.24, 2.45) is 0 Å². The number of rotatable bonds is 7. The Balaban J connectivity index is 1.81. The number of carbonyl (C=O) groups excluding carboxylic acids is 1. The predicted molar refractivity (Wildman–Crippen MR) is 121 cm³/mol. The third kappa shape index (κ3) is 5.37. The van der Waals surface area contributed by atoms with Gasteiger partial charge in [0.25, 0.3) is 0 Å². The second-order valence-corrected chi connectivity index (χ2v) is 8.20. The molecule has 1 saturated heterocycles. The van der Waals surface area contributed by atoms with Gasteiger partial charge in [0.05, 0.1) is 14.2 Å². The Labute approximate surface area is 183 Å². The SMILES string of the molecule is COc1ccc(CN2CCN(c3cccc(Cl)c3)CC2C(=O)NC(C)C)cc1OC. The normalized spacial score (nSPS) is 17.1. The summed E-state index contributed by atoms with van der Waals surface area (Å²) in [5.74, 6) is 1.43. The number of hydrogen-bond donors (Lipinski definition) is 1. The summed E-state index contributed by atoms with van der Waals surface area (Å²) in [4.78, 5) is 17.5.